The number of nitrogens with one attached hydrogen (secondary N) is 2. The molecular formula is C25H36N8. The molecular weight excluding hydrogens is 412 g/mol. The summed E-state index contributed by atoms with van der Waals surface area (Å²) in [6, 6.07) is 12.5. The molecule has 1 aliphatic rings. The molecule has 176 valence electrons. The number of aryl methyl sites for hydroxylation is 2. The molecule has 0 spiro atoms. The van der Waals surface area contributed by atoms with Crippen LogP contribution in [0.2, 0.25) is 0 Å². The zero-order chi connectivity index (χ0) is 23.0. The Morgan fingerprint density at radius 3 is 2.73 bits per heavy atom. The van der Waals surface area contributed by atoms with Gasteiger partial charge in [-0.3, -0.25) is 0 Å². The summed E-state index contributed by atoms with van der Waals surface area (Å²) in [5, 5.41) is 6.84. The number of hydrogen-bond acceptors (Lipinski definition) is 5. The third-order valence-electron chi connectivity index (χ3n) is 6.10. The van der Waals surface area contributed by atoms with Crippen LogP contribution in [0.15, 0.2) is 47.6 Å². The Labute approximate surface area is 196 Å². The zero-order valence-electron chi connectivity index (χ0n) is 20.1. The maximum Gasteiger partial charge on any atom is 0.191 e. The largest absolute Gasteiger partial charge is 0.357 e. The van der Waals surface area contributed by atoms with Gasteiger partial charge in [0.1, 0.15) is 11.6 Å². The number of benzene rings is 1. The van der Waals surface area contributed by atoms with Gasteiger partial charge in [0.2, 0.25) is 0 Å². The lowest BCUT2D eigenvalue weighted by Crippen LogP contribution is -2.44. The standard InChI is InChI=1S/C25H36N8/c1-4-26-25(28-11-7-13-33-20(2)30-22-8-5-6-9-23(22)33)29-19-21-10-12-27-24(18-21)32-16-14-31(3)15-17-32/h5-6,8-10,12,18H,4,7,11,13-17,19H2,1-3H3,(H2,26,28,29). The van der Waals surface area contributed by atoms with Crippen LogP contribution in [0.1, 0.15) is 24.7 Å². The quantitative estimate of drug-likeness (QED) is 0.314. The van der Waals surface area contributed by atoms with Crippen molar-refractivity contribution in [2.45, 2.75) is 33.4 Å². The van der Waals surface area contributed by atoms with Gasteiger partial charge in [-0.25, -0.2) is 15.0 Å². The van der Waals surface area contributed by atoms with Crippen molar-refractivity contribution in [1.82, 2.24) is 30.1 Å². The fraction of sp³-hybridized carbons (Fsp3) is 0.480. The Kier molecular flexibility index (Phi) is 7.78. The van der Waals surface area contributed by atoms with Gasteiger partial charge in [0.25, 0.3) is 0 Å². The van der Waals surface area contributed by atoms with Crippen molar-refractivity contribution in [3.63, 3.8) is 0 Å². The van der Waals surface area contributed by atoms with Gasteiger partial charge < -0.3 is 25.0 Å². The molecule has 0 aliphatic carbocycles. The first-order valence-corrected chi connectivity index (χ1v) is 12.0. The molecule has 0 bridgehead atoms. The molecule has 8 heteroatoms. The predicted octanol–water partition coefficient (Wildman–Crippen LogP) is 2.64. The molecule has 33 heavy (non-hydrogen) atoms. The smallest absolute Gasteiger partial charge is 0.191 e. The predicted molar refractivity (Wildman–Crippen MR) is 136 cm³/mol. The van der Waals surface area contributed by atoms with E-state index < -0.39 is 0 Å². The Morgan fingerprint density at radius 1 is 1.09 bits per heavy atom. The highest BCUT2D eigenvalue weighted by Crippen LogP contribution is 2.16. The fourth-order valence-electron chi connectivity index (χ4n) is 4.20. The average Bonchev–Trinajstić information content (AvgIpc) is 3.15. The first kappa shape index (κ1) is 23.0. The Hall–Kier alpha value is -3.13. The molecule has 1 saturated heterocycles. The molecule has 1 aliphatic heterocycles. The molecule has 1 fully saturated rings. The van der Waals surface area contributed by atoms with E-state index in [2.05, 4.69) is 86.2 Å². The number of para-hydroxylation sites is 2. The van der Waals surface area contributed by atoms with E-state index in [1.807, 2.05) is 12.3 Å². The van der Waals surface area contributed by atoms with Gasteiger partial charge in [-0.1, -0.05) is 12.1 Å². The second kappa shape index (κ2) is 11.1. The second-order valence-corrected chi connectivity index (χ2v) is 8.59. The molecule has 0 radical (unpaired) electrons. The van der Waals surface area contributed by atoms with Crippen LogP contribution >= 0.6 is 0 Å². The van der Waals surface area contributed by atoms with E-state index in [1.165, 1.54) is 11.1 Å². The van der Waals surface area contributed by atoms with Crippen molar-refractivity contribution >= 4 is 22.8 Å². The number of imidazole rings is 1. The van der Waals surface area contributed by atoms with Gasteiger partial charge in [0, 0.05) is 52.0 Å². The second-order valence-electron chi connectivity index (χ2n) is 8.59. The molecule has 0 amide bonds. The topological polar surface area (TPSA) is 73.6 Å². The summed E-state index contributed by atoms with van der Waals surface area (Å²) in [6.45, 7) is 11.6. The van der Waals surface area contributed by atoms with Crippen molar-refractivity contribution in [3.8, 4) is 0 Å². The van der Waals surface area contributed by atoms with Crippen LogP contribution in [0.4, 0.5) is 5.82 Å². The molecule has 3 aromatic rings. The first-order chi connectivity index (χ1) is 16.1. The number of likely N-dealkylation sites (N-methyl/N-ethyl adjacent to an activating group) is 1. The SMILES string of the molecule is CCNC(=NCc1ccnc(N2CCN(C)CC2)c1)NCCCn1c(C)nc2ccccc21. The maximum atomic E-state index is 4.80. The number of hydrogen-bond donors (Lipinski definition) is 2. The summed E-state index contributed by atoms with van der Waals surface area (Å²) < 4.78 is 2.29. The molecule has 3 heterocycles. The highest BCUT2D eigenvalue weighted by Gasteiger charge is 2.15. The maximum absolute atomic E-state index is 4.80. The number of aromatic nitrogens is 3. The average molecular weight is 449 g/mol. The molecule has 0 unspecified atom stereocenters. The molecule has 8 nitrogen and oxygen atoms in total. The van der Waals surface area contributed by atoms with Crippen LogP contribution in [-0.2, 0) is 13.1 Å². The summed E-state index contributed by atoms with van der Waals surface area (Å²) in [5.41, 5.74) is 3.44. The molecule has 2 N–H and O–H groups in total. The molecule has 0 atom stereocenters. The number of pyridine rings is 1. The highest BCUT2D eigenvalue weighted by atomic mass is 15.3. The monoisotopic (exact) mass is 448 g/mol. The number of fused-ring (bicyclic) bond motifs is 1. The van der Waals surface area contributed by atoms with Crippen molar-refractivity contribution < 1.29 is 0 Å². The van der Waals surface area contributed by atoms with E-state index in [-0.39, 0.29) is 0 Å². The van der Waals surface area contributed by atoms with Crippen LogP contribution in [0.3, 0.4) is 0 Å². The van der Waals surface area contributed by atoms with Gasteiger partial charge >= 0.3 is 0 Å². The van der Waals surface area contributed by atoms with Crippen molar-refractivity contribution in [1.29, 1.82) is 0 Å². The Balaban J connectivity index is 1.31. The summed E-state index contributed by atoms with van der Waals surface area (Å²) >= 11 is 0. The van der Waals surface area contributed by atoms with Crippen molar-refractivity contribution in [2.75, 3.05) is 51.2 Å². The summed E-state index contributed by atoms with van der Waals surface area (Å²) in [5.74, 6) is 2.96. The lowest BCUT2D eigenvalue weighted by molar-refractivity contribution is 0.312. The molecule has 0 saturated carbocycles. The van der Waals surface area contributed by atoms with Crippen LogP contribution in [0, 0.1) is 6.92 Å². The van der Waals surface area contributed by atoms with Crippen LogP contribution in [-0.4, -0.2) is 71.7 Å². The number of anilines is 1. The minimum atomic E-state index is 0.629. The van der Waals surface area contributed by atoms with E-state index in [0.717, 1.165) is 75.4 Å². The fourth-order valence-corrected chi connectivity index (χ4v) is 4.20. The minimum absolute atomic E-state index is 0.629. The molecule has 1 aromatic carbocycles. The number of piperazine rings is 1. The highest BCUT2D eigenvalue weighted by molar-refractivity contribution is 5.79. The van der Waals surface area contributed by atoms with Crippen LogP contribution < -0.4 is 15.5 Å². The third kappa shape index (κ3) is 6.01. The van der Waals surface area contributed by atoms with E-state index in [4.69, 9.17) is 4.99 Å². The lowest BCUT2D eigenvalue weighted by atomic mass is 10.2. The number of rotatable bonds is 8. The number of guanidine groups is 1. The normalized spacial score (nSPS) is 15.2. The Bertz CT molecular complexity index is 1070. The molecule has 2 aromatic heterocycles. The van der Waals surface area contributed by atoms with Gasteiger partial charge in [-0.05, 0) is 57.1 Å². The van der Waals surface area contributed by atoms with E-state index in [1.54, 1.807) is 0 Å². The molecule has 4 rings (SSSR count). The third-order valence-corrected chi connectivity index (χ3v) is 6.10. The first-order valence-electron chi connectivity index (χ1n) is 12.0. The number of nitrogens with zero attached hydrogens (tertiary/aromatic N) is 6. The van der Waals surface area contributed by atoms with Gasteiger partial charge in [0.15, 0.2) is 5.96 Å². The van der Waals surface area contributed by atoms with Gasteiger partial charge in [0.05, 0.1) is 17.6 Å². The van der Waals surface area contributed by atoms with Crippen molar-refractivity contribution in [3.05, 3.63) is 54.0 Å². The van der Waals surface area contributed by atoms with Crippen LogP contribution in [0.5, 0.6) is 0 Å². The van der Waals surface area contributed by atoms with Crippen LogP contribution in [0.25, 0.3) is 11.0 Å². The summed E-state index contributed by atoms with van der Waals surface area (Å²) in [6.07, 6.45) is 2.89. The summed E-state index contributed by atoms with van der Waals surface area (Å²) in [4.78, 5) is 18.8. The van der Waals surface area contributed by atoms with E-state index in [0.29, 0.717) is 6.54 Å². The van der Waals surface area contributed by atoms with Gasteiger partial charge in [-0.15, -0.1) is 0 Å². The van der Waals surface area contributed by atoms with E-state index >= 15 is 0 Å². The summed E-state index contributed by atoms with van der Waals surface area (Å²) in [7, 11) is 2.17. The lowest BCUT2D eigenvalue weighted by Gasteiger charge is -2.33. The van der Waals surface area contributed by atoms with Crippen molar-refractivity contribution in [2.24, 2.45) is 4.99 Å². The van der Waals surface area contributed by atoms with E-state index in [9.17, 15) is 0 Å². The Morgan fingerprint density at radius 2 is 1.91 bits per heavy atom. The van der Waals surface area contributed by atoms with Gasteiger partial charge in [-0.2, -0.15) is 0 Å². The number of aliphatic imine (C=N–C) groups is 1. The zero-order valence-corrected chi connectivity index (χ0v) is 20.1. The minimum Gasteiger partial charge on any atom is -0.357 e.